The van der Waals surface area contributed by atoms with E-state index in [-0.39, 0.29) is 34.8 Å². The van der Waals surface area contributed by atoms with Gasteiger partial charge in [-0.15, -0.1) is 11.3 Å². The number of rotatable bonds is 9. The second-order valence-corrected chi connectivity index (χ2v) is 8.89. The van der Waals surface area contributed by atoms with Crippen molar-refractivity contribution in [2.45, 2.75) is 32.4 Å². The molecule has 0 aliphatic heterocycles. The molecule has 8 nitrogen and oxygen atoms in total. The van der Waals surface area contributed by atoms with Crippen molar-refractivity contribution in [1.82, 2.24) is 14.9 Å². The normalized spacial score (nSPS) is 11.3. The maximum Gasteiger partial charge on any atom is 0.420 e. The number of anilines is 2. The number of carbonyl (C=O) groups is 2. The minimum absolute atomic E-state index is 0.0793. The number of ether oxygens (including phenoxy) is 1. The van der Waals surface area contributed by atoms with Crippen LogP contribution in [-0.4, -0.2) is 47.5 Å². The molecule has 0 bridgehead atoms. The highest BCUT2D eigenvalue weighted by Gasteiger charge is 2.36. The summed E-state index contributed by atoms with van der Waals surface area (Å²) in [6.07, 6.45) is -0.872. The molecule has 2 N–H and O–H groups in total. The molecule has 1 aromatic carbocycles. The quantitative estimate of drug-likeness (QED) is 0.364. The van der Waals surface area contributed by atoms with E-state index in [2.05, 4.69) is 9.97 Å². The number of nitrogens with zero attached hydrogens (tertiary/aromatic N) is 4. The number of primary amides is 1. The fraction of sp³-hybridized carbons (Fsp3) is 0.333. The Morgan fingerprint density at radius 1 is 1.14 bits per heavy atom. The molecule has 192 valence electrons. The van der Waals surface area contributed by atoms with Crippen LogP contribution in [0.5, 0.6) is 5.75 Å². The molecule has 0 aliphatic rings. The predicted octanol–water partition coefficient (Wildman–Crippen LogP) is 5.71. The molecule has 0 fully saturated rings. The predicted molar refractivity (Wildman–Crippen MR) is 132 cm³/mol. The number of pyridine rings is 1. The molecule has 0 atom stereocenters. The van der Waals surface area contributed by atoms with Crippen molar-refractivity contribution in [2.75, 3.05) is 25.6 Å². The van der Waals surface area contributed by atoms with Crippen molar-refractivity contribution in [3.05, 3.63) is 53.2 Å². The Morgan fingerprint density at radius 3 is 2.47 bits per heavy atom. The molecule has 0 radical (unpaired) electrons. The number of urea groups is 1. The number of hydrogen-bond donors (Lipinski definition) is 1. The zero-order chi connectivity index (χ0) is 26.5. The molecular formula is C24H26F3N5O3S. The number of carbonyl (C=O) groups excluding carboxylic acids is 2. The lowest BCUT2D eigenvalue weighted by Gasteiger charge is -2.21. The maximum absolute atomic E-state index is 13.8. The average molecular weight is 522 g/mol. The summed E-state index contributed by atoms with van der Waals surface area (Å²) in [5.74, 6) is -0.580. The molecule has 3 aromatic rings. The molecule has 0 saturated carbocycles. The van der Waals surface area contributed by atoms with E-state index >= 15 is 0 Å². The third kappa shape index (κ3) is 6.30. The number of hydrogen-bond acceptors (Lipinski definition) is 6. The second-order valence-electron chi connectivity index (χ2n) is 8.05. The average Bonchev–Trinajstić information content (AvgIpc) is 3.30. The molecule has 0 spiro atoms. The fourth-order valence-electron chi connectivity index (χ4n) is 3.27. The number of alkyl halides is 3. The van der Waals surface area contributed by atoms with Crippen LogP contribution in [0.4, 0.5) is 28.8 Å². The van der Waals surface area contributed by atoms with Gasteiger partial charge in [-0.3, -0.25) is 9.78 Å². The first-order chi connectivity index (χ1) is 17.0. The smallest absolute Gasteiger partial charge is 0.420 e. The standard InChI is InChI=1S/C24H26F3N5O3S/c1-4-5-6-11-35-20-10-8-16(12-17(20)24(25,26)27)32(22(28)34)23-30-19(14-36-23)15-7-9-18(29-13-15)21(33)31(2)3/h7-10,12-14H,4-6,11H2,1-3H3,(H2,28,34). The van der Waals surface area contributed by atoms with Gasteiger partial charge in [-0.25, -0.2) is 14.7 Å². The van der Waals surface area contributed by atoms with Crippen molar-refractivity contribution >= 4 is 34.1 Å². The lowest BCUT2D eigenvalue weighted by atomic mass is 10.1. The van der Waals surface area contributed by atoms with Gasteiger partial charge < -0.3 is 15.4 Å². The van der Waals surface area contributed by atoms with Crippen LogP contribution in [0, 0.1) is 0 Å². The van der Waals surface area contributed by atoms with Crippen LogP contribution >= 0.6 is 11.3 Å². The van der Waals surface area contributed by atoms with E-state index in [9.17, 15) is 22.8 Å². The molecule has 0 aliphatic carbocycles. The van der Waals surface area contributed by atoms with Gasteiger partial charge >= 0.3 is 12.2 Å². The van der Waals surface area contributed by atoms with Crippen LogP contribution in [0.2, 0.25) is 0 Å². The van der Waals surface area contributed by atoms with Gasteiger partial charge in [-0.1, -0.05) is 19.8 Å². The van der Waals surface area contributed by atoms with E-state index in [0.29, 0.717) is 17.7 Å². The minimum atomic E-state index is -4.70. The first kappa shape index (κ1) is 26.9. The Kier molecular flexibility index (Phi) is 8.51. The molecule has 0 saturated heterocycles. The van der Waals surface area contributed by atoms with E-state index in [4.69, 9.17) is 10.5 Å². The summed E-state index contributed by atoms with van der Waals surface area (Å²) in [5.41, 5.74) is 5.65. The van der Waals surface area contributed by atoms with Gasteiger partial charge in [0.25, 0.3) is 5.91 Å². The minimum Gasteiger partial charge on any atom is -0.493 e. The summed E-state index contributed by atoms with van der Waals surface area (Å²) in [6.45, 7) is 2.13. The number of unbranched alkanes of at least 4 members (excludes halogenated alkanes) is 2. The summed E-state index contributed by atoms with van der Waals surface area (Å²) in [7, 11) is 3.22. The number of aromatic nitrogens is 2. The first-order valence-electron chi connectivity index (χ1n) is 11.1. The van der Waals surface area contributed by atoms with Crippen LogP contribution in [-0.2, 0) is 6.18 Å². The van der Waals surface area contributed by atoms with Gasteiger partial charge in [-0.2, -0.15) is 13.2 Å². The van der Waals surface area contributed by atoms with Crippen LogP contribution in [0.25, 0.3) is 11.3 Å². The van der Waals surface area contributed by atoms with Crippen molar-refractivity contribution in [3.63, 3.8) is 0 Å². The molecule has 3 rings (SSSR count). The summed E-state index contributed by atoms with van der Waals surface area (Å²) >= 11 is 1.03. The van der Waals surface area contributed by atoms with Crippen molar-refractivity contribution in [2.24, 2.45) is 5.73 Å². The lowest BCUT2D eigenvalue weighted by Crippen LogP contribution is -2.31. The Hall–Kier alpha value is -3.67. The molecule has 3 amide bonds. The zero-order valence-corrected chi connectivity index (χ0v) is 20.8. The van der Waals surface area contributed by atoms with Gasteiger partial charge in [0.2, 0.25) is 0 Å². The topological polar surface area (TPSA) is 102 Å². The Bertz CT molecular complexity index is 1210. The van der Waals surface area contributed by atoms with Crippen molar-refractivity contribution in [1.29, 1.82) is 0 Å². The summed E-state index contributed by atoms with van der Waals surface area (Å²) in [6, 6.07) is 5.52. The second kappa shape index (κ2) is 11.4. The van der Waals surface area contributed by atoms with E-state index in [0.717, 1.165) is 35.1 Å². The van der Waals surface area contributed by atoms with E-state index in [1.54, 1.807) is 25.5 Å². The van der Waals surface area contributed by atoms with Crippen LogP contribution in [0.15, 0.2) is 41.9 Å². The molecule has 12 heteroatoms. The number of nitrogens with two attached hydrogens (primary N) is 1. The van der Waals surface area contributed by atoms with Crippen LogP contribution < -0.4 is 15.4 Å². The Morgan fingerprint density at radius 2 is 1.89 bits per heavy atom. The van der Waals surface area contributed by atoms with Crippen LogP contribution in [0.1, 0.15) is 42.2 Å². The molecular weight excluding hydrogens is 495 g/mol. The van der Waals surface area contributed by atoms with E-state index in [1.807, 2.05) is 6.92 Å². The van der Waals surface area contributed by atoms with E-state index in [1.165, 1.54) is 29.3 Å². The fourth-order valence-corrected chi connectivity index (χ4v) is 4.13. The van der Waals surface area contributed by atoms with E-state index < -0.39 is 17.8 Å². The molecule has 2 heterocycles. The number of benzene rings is 1. The lowest BCUT2D eigenvalue weighted by molar-refractivity contribution is -0.138. The molecule has 2 aromatic heterocycles. The molecule has 36 heavy (non-hydrogen) atoms. The Balaban J connectivity index is 1.91. The SMILES string of the molecule is CCCCCOc1ccc(N(C(N)=O)c2nc(-c3ccc(C(=O)N(C)C)nc3)cs2)cc1C(F)(F)F. The highest BCUT2D eigenvalue weighted by Crippen LogP contribution is 2.40. The van der Waals surface area contributed by atoms with Gasteiger partial charge in [0.1, 0.15) is 11.4 Å². The number of halogens is 3. The Labute approximate surface area is 210 Å². The maximum atomic E-state index is 13.8. The van der Waals surface area contributed by atoms with Crippen molar-refractivity contribution in [3.8, 4) is 17.0 Å². The van der Waals surface area contributed by atoms with Gasteiger partial charge in [-0.05, 0) is 36.8 Å². The van der Waals surface area contributed by atoms with Gasteiger partial charge in [0.05, 0.1) is 23.6 Å². The van der Waals surface area contributed by atoms with Gasteiger partial charge in [0, 0.05) is 31.2 Å². The summed E-state index contributed by atoms with van der Waals surface area (Å²) < 4.78 is 46.7. The first-order valence-corrected chi connectivity index (χ1v) is 12.0. The molecule has 0 unspecified atom stereocenters. The highest BCUT2D eigenvalue weighted by atomic mass is 32.1. The summed E-state index contributed by atoms with van der Waals surface area (Å²) in [5, 5.41) is 1.70. The highest BCUT2D eigenvalue weighted by molar-refractivity contribution is 7.14. The third-order valence-corrected chi connectivity index (χ3v) is 5.95. The number of thiazole rings is 1. The third-order valence-electron chi connectivity index (χ3n) is 5.12. The van der Waals surface area contributed by atoms with Gasteiger partial charge in [0.15, 0.2) is 5.13 Å². The monoisotopic (exact) mass is 521 g/mol. The van der Waals surface area contributed by atoms with Crippen LogP contribution in [0.3, 0.4) is 0 Å². The largest absolute Gasteiger partial charge is 0.493 e. The number of amides is 3. The summed E-state index contributed by atoms with van der Waals surface area (Å²) in [4.78, 5) is 35.1. The zero-order valence-electron chi connectivity index (χ0n) is 20.0. The van der Waals surface area contributed by atoms with Crippen molar-refractivity contribution < 1.29 is 27.5 Å².